The number of pyridine rings is 7. The van der Waals surface area contributed by atoms with Gasteiger partial charge < -0.3 is 35.7 Å². The lowest BCUT2D eigenvalue weighted by molar-refractivity contribution is 0.480. The average molecular weight is 1270 g/mol. The lowest BCUT2D eigenvalue weighted by atomic mass is 10.0. The number of benzene rings is 11. The molecule has 0 fully saturated rings. The molecule has 7 aromatic heterocycles. The summed E-state index contributed by atoms with van der Waals surface area (Å²) in [5.41, 5.74) is 8.93. The highest BCUT2D eigenvalue weighted by molar-refractivity contribution is 6.09. The van der Waals surface area contributed by atoms with E-state index in [0.29, 0.717) is 38.6 Å². The smallest absolute Gasteiger partial charge is 0.149 e. The third-order valence-electron chi connectivity index (χ3n) is 16.0. The molecule has 0 aliphatic heterocycles. The standard InChI is InChI=1S/C15H11NO.3C13H9NO.2C10H9NO.C9H7NO/c17-14-9-8-12(11-5-2-1-3-6-11)13-7-4-10-16-15(13)14;15-13-11-6-2-1-4-9(11)8-10-5-3-7-14-12(10)13;15-12-8-9-4-1-2-5-10(9)11-6-3-7-14-13(11)12;15-12-7-3-6-11-10-5-2-1-4-9(10)8-14-13(11)12;1-7-4-5-9(12)10-8(7)3-2-6-11-10;1-7-5-6-8-3-2-4-9(12)10(8)11-7;11-8-5-1-3-7-4-2-6-10-9(7)8/h1-10,17H;3*1-8,15H;2*2-6,12H,1H3;1-6,11H. The number of aryl methyl sites for hydroxylation is 2. The van der Waals surface area contributed by atoms with Crippen molar-refractivity contribution in [3.63, 3.8) is 0 Å². The van der Waals surface area contributed by atoms with Gasteiger partial charge in [0.15, 0.2) is 0 Å². The average Bonchev–Trinajstić information content (AvgIpc) is 0.826. The lowest BCUT2D eigenvalue weighted by Crippen LogP contribution is -1.84. The first kappa shape index (κ1) is 63.8. The first-order valence-corrected chi connectivity index (χ1v) is 31.0. The van der Waals surface area contributed by atoms with Crippen LogP contribution < -0.4 is 0 Å². The minimum atomic E-state index is 0.222. The van der Waals surface area contributed by atoms with Crippen LogP contribution in [-0.2, 0) is 0 Å². The predicted octanol–water partition coefficient (Wildman–Crippen LogP) is 19.3. The van der Waals surface area contributed by atoms with Crippen LogP contribution in [0.15, 0.2) is 304 Å². The minimum Gasteiger partial charge on any atom is -0.506 e. The van der Waals surface area contributed by atoms with Crippen LogP contribution in [0.25, 0.3) is 120 Å². The van der Waals surface area contributed by atoms with Crippen molar-refractivity contribution in [1.82, 2.24) is 34.9 Å². The molecule has 0 saturated carbocycles. The van der Waals surface area contributed by atoms with Crippen molar-refractivity contribution in [3.05, 3.63) is 315 Å². The molecule has 11 aromatic carbocycles. The summed E-state index contributed by atoms with van der Waals surface area (Å²) < 4.78 is 0. The Bertz CT molecular complexity index is 5680. The largest absolute Gasteiger partial charge is 0.506 e. The van der Waals surface area contributed by atoms with Crippen molar-refractivity contribution in [2.75, 3.05) is 0 Å². The fraction of sp³-hybridized carbons (Fsp3) is 0.0241. The van der Waals surface area contributed by atoms with Crippen molar-refractivity contribution in [1.29, 1.82) is 0 Å². The van der Waals surface area contributed by atoms with Gasteiger partial charge in [-0.15, -0.1) is 0 Å². The number of fused-ring (bicyclic) bond motifs is 12. The van der Waals surface area contributed by atoms with E-state index in [1.165, 1.54) is 0 Å². The predicted molar refractivity (Wildman–Crippen MR) is 391 cm³/mol. The van der Waals surface area contributed by atoms with Crippen LogP contribution in [0, 0.1) is 13.8 Å². The highest BCUT2D eigenvalue weighted by Gasteiger charge is 2.10. The van der Waals surface area contributed by atoms with Gasteiger partial charge in [0.05, 0.1) is 0 Å². The lowest BCUT2D eigenvalue weighted by Gasteiger charge is -2.07. The Balaban J connectivity index is 0.000000108. The Morgan fingerprint density at radius 1 is 0.237 bits per heavy atom. The second-order valence-electron chi connectivity index (χ2n) is 22.4. The molecule has 0 spiro atoms. The van der Waals surface area contributed by atoms with Crippen LogP contribution in [0.2, 0.25) is 0 Å². The number of phenolic OH excluding ortho intramolecular Hbond substituents is 7. The summed E-state index contributed by atoms with van der Waals surface area (Å²) >= 11 is 0. The van der Waals surface area contributed by atoms with E-state index < -0.39 is 0 Å². The summed E-state index contributed by atoms with van der Waals surface area (Å²) in [5.74, 6) is 1.70. The second-order valence-corrected chi connectivity index (χ2v) is 22.4. The third-order valence-corrected chi connectivity index (χ3v) is 16.0. The van der Waals surface area contributed by atoms with Crippen LogP contribution >= 0.6 is 0 Å². The van der Waals surface area contributed by atoms with E-state index in [1.54, 1.807) is 79.6 Å². The number of hydrogen-bond donors (Lipinski definition) is 7. The normalized spacial score (nSPS) is 10.7. The quantitative estimate of drug-likeness (QED) is 0.0599. The van der Waals surface area contributed by atoms with Gasteiger partial charge in [-0.2, -0.15) is 0 Å². The topological polar surface area (TPSA) is 232 Å². The van der Waals surface area contributed by atoms with Crippen LogP contribution in [0.1, 0.15) is 11.3 Å². The molecule has 18 aromatic rings. The number of aromatic nitrogens is 7. The summed E-state index contributed by atoms with van der Waals surface area (Å²) in [4.78, 5) is 29.2. The Hall–Kier alpha value is -13.3. The summed E-state index contributed by atoms with van der Waals surface area (Å²) in [5, 5.41) is 80.6. The van der Waals surface area contributed by atoms with Gasteiger partial charge in [0.1, 0.15) is 78.9 Å². The fourth-order valence-electron chi connectivity index (χ4n) is 11.3. The number of nitrogens with zero attached hydrogens (tertiary/aromatic N) is 7. The molecule has 18 rings (SSSR count). The maximum Gasteiger partial charge on any atom is 0.149 e. The zero-order chi connectivity index (χ0) is 67.2. The van der Waals surface area contributed by atoms with Gasteiger partial charge in [-0.05, 0) is 137 Å². The van der Waals surface area contributed by atoms with Crippen LogP contribution in [0.5, 0.6) is 40.2 Å². The highest BCUT2D eigenvalue weighted by atomic mass is 16.3. The summed E-state index contributed by atoms with van der Waals surface area (Å²) in [6.07, 6.45) is 10.2. The monoisotopic (exact) mass is 1270 g/mol. The van der Waals surface area contributed by atoms with E-state index in [4.69, 9.17) is 0 Å². The third kappa shape index (κ3) is 14.5. The zero-order valence-corrected chi connectivity index (χ0v) is 52.6. The molecule has 7 heterocycles. The Kier molecular flexibility index (Phi) is 19.4. The SMILES string of the molecule is Cc1ccc(O)c2ncccc12.Cc1ccc2cccc(O)c2n1.Oc1c2ccccc2cc2cccnc12.Oc1cc2ccccc2c2cccnc12.Oc1ccc(-c2ccccc2)c2cccnc12.Oc1cccc2c1ncc1ccccc12.Oc1cccc2cccnc12. The van der Waals surface area contributed by atoms with Gasteiger partial charge in [-0.25, -0.2) is 4.98 Å². The van der Waals surface area contributed by atoms with Crippen LogP contribution in [-0.4, -0.2) is 70.6 Å². The van der Waals surface area contributed by atoms with Gasteiger partial charge in [0.25, 0.3) is 0 Å². The number of para-hydroxylation sites is 3. The van der Waals surface area contributed by atoms with Crippen LogP contribution in [0.4, 0.5) is 0 Å². The Morgan fingerprint density at radius 2 is 0.649 bits per heavy atom. The summed E-state index contributed by atoms with van der Waals surface area (Å²) in [6, 6.07) is 84.1. The van der Waals surface area contributed by atoms with E-state index >= 15 is 0 Å². The van der Waals surface area contributed by atoms with Gasteiger partial charge in [-0.1, -0.05) is 182 Å². The molecule has 0 radical (unpaired) electrons. The maximum absolute atomic E-state index is 10.0. The maximum atomic E-state index is 10.0. The Labute approximate surface area is 557 Å². The molecule has 0 amide bonds. The number of aromatic hydroxyl groups is 7. The molecule has 14 heteroatoms. The first-order chi connectivity index (χ1) is 47.4. The summed E-state index contributed by atoms with van der Waals surface area (Å²) in [7, 11) is 0. The molecule has 472 valence electrons. The Morgan fingerprint density at radius 3 is 1.30 bits per heavy atom. The molecule has 7 N–H and O–H groups in total. The molecular weight excluding hydrogens is 1210 g/mol. The van der Waals surface area contributed by atoms with E-state index in [0.717, 1.165) is 92.4 Å². The van der Waals surface area contributed by atoms with E-state index in [9.17, 15) is 35.7 Å². The number of rotatable bonds is 1. The number of phenols is 7. The van der Waals surface area contributed by atoms with Gasteiger partial charge in [-0.3, -0.25) is 29.9 Å². The van der Waals surface area contributed by atoms with Crippen LogP contribution in [0.3, 0.4) is 0 Å². The molecule has 0 aliphatic carbocycles. The highest BCUT2D eigenvalue weighted by Crippen LogP contribution is 2.36. The molecule has 97 heavy (non-hydrogen) atoms. The van der Waals surface area contributed by atoms with E-state index in [-0.39, 0.29) is 40.2 Å². The molecule has 0 bridgehead atoms. The van der Waals surface area contributed by atoms with Gasteiger partial charge >= 0.3 is 0 Å². The molecular formula is C83H63N7O7. The zero-order valence-electron chi connectivity index (χ0n) is 52.6. The first-order valence-electron chi connectivity index (χ1n) is 31.0. The van der Waals surface area contributed by atoms with E-state index in [1.807, 2.05) is 226 Å². The van der Waals surface area contributed by atoms with Crippen molar-refractivity contribution in [2.24, 2.45) is 0 Å². The van der Waals surface area contributed by atoms with Gasteiger partial charge in [0.2, 0.25) is 0 Å². The second kappa shape index (κ2) is 29.5. The molecule has 0 aliphatic rings. The van der Waals surface area contributed by atoms with Crippen molar-refractivity contribution in [3.8, 4) is 51.4 Å². The van der Waals surface area contributed by atoms with Crippen molar-refractivity contribution >= 4 is 109 Å². The fourth-order valence-corrected chi connectivity index (χ4v) is 11.3. The molecule has 0 saturated heterocycles. The molecule has 0 atom stereocenters. The van der Waals surface area contributed by atoms with Crippen molar-refractivity contribution < 1.29 is 35.7 Å². The van der Waals surface area contributed by atoms with Gasteiger partial charge in [0, 0.05) is 91.4 Å². The van der Waals surface area contributed by atoms with E-state index in [2.05, 4.69) is 47.0 Å². The minimum absolute atomic E-state index is 0.222. The molecule has 14 nitrogen and oxygen atoms in total. The number of hydrogen-bond acceptors (Lipinski definition) is 14. The molecule has 0 unspecified atom stereocenters. The van der Waals surface area contributed by atoms with Crippen molar-refractivity contribution in [2.45, 2.75) is 13.8 Å². The summed E-state index contributed by atoms with van der Waals surface area (Å²) in [6.45, 7) is 3.91.